The highest BCUT2D eigenvalue weighted by Gasteiger charge is 2.47. The van der Waals surface area contributed by atoms with Crippen molar-refractivity contribution in [1.82, 2.24) is 19.0 Å². The molecule has 1 unspecified atom stereocenters. The molecule has 3 aliphatic carbocycles. The number of rotatable bonds is 6. The maximum Gasteiger partial charge on any atom is 0.254 e. The van der Waals surface area contributed by atoms with Gasteiger partial charge in [-0.3, -0.25) is 4.79 Å². The van der Waals surface area contributed by atoms with Crippen molar-refractivity contribution in [3.63, 3.8) is 0 Å². The molecular formula is C37H37N5O2. The molecule has 7 nitrogen and oxygen atoms in total. The van der Waals surface area contributed by atoms with Crippen molar-refractivity contribution < 1.29 is 9.53 Å². The molecule has 1 saturated heterocycles. The van der Waals surface area contributed by atoms with Crippen LogP contribution in [0.5, 0.6) is 5.75 Å². The number of amides is 1. The van der Waals surface area contributed by atoms with Crippen molar-refractivity contribution in [2.24, 2.45) is 24.6 Å². The summed E-state index contributed by atoms with van der Waals surface area (Å²) in [6, 6.07) is 21.9. The minimum Gasteiger partial charge on any atom is -0.494 e. The monoisotopic (exact) mass is 583 g/mol. The minimum atomic E-state index is 0.0267. The van der Waals surface area contributed by atoms with Crippen molar-refractivity contribution in [2.45, 2.75) is 50.7 Å². The topological polar surface area (TPSA) is 78.3 Å². The number of nitrogens with two attached hydrogens (primary N) is 1. The van der Waals surface area contributed by atoms with Gasteiger partial charge in [-0.1, -0.05) is 42.5 Å². The highest BCUT2D eigenvalue weighted by Crippen LogP contribution is 2.41. The lowest BCUT2D eigenvalue weighted by molar-refractivity contribution is 0.0700. The lowest BCUT2D eigenvalue weighted by Crippen LogP contribution is -2.41. The van der Waals surface area contributed by atoms with Crippen molar-refractivity contribution in [2.75, 3.05) is 13.7 Å². The minimum absolute atomic E-state index is 0.0267. The summed E-state index contributed by atoms with van der Waals surface area (Å²) in [5.74, 6) is 2.68. The number of fused-ring (bicyclic) bond motifs is 5. The van der Waals surface area contributed by atoms with E-state index >= 15 is 0 Å². The lowest BCUT2D eigenvalue weighted by atomic mass is 10.0. The Hall–Kier alpha value is -4.36. The number of piperidine rings is 1. The van der Waals surface area contributed by atoms with Gasteiger partial charge >= 0.3 is 0 Å². The quantitative estimate of drug-likeness (QED) is 0.256. The number of nitrogens with zero attached hydrogens (tertiary/aromatic N) is 4. The maximum atomic E-state index is 13.7. The molecule has 2 bridgehead atoms. The Labute approximate surface area is 256 Å². The van der Waals surface area contributed by atoms with Crippen LogP contribution in [0.1, 0.15) is 52.7 Å². The largest absolute Gasteiger partial charge is 0.494 e. The molecule has 2 N–H and O–H groups in total. The number of likely N-dealkylation sites (tertiary alicyclic amines) is 1. The molecule has 1 amide bonds. The number of methoxy groups -OCH3 is 1. The van der Waals surface area contributed by atoms with Gasteiger partial charge in [-0.15, -0.1) is 0 Å². The van der Waals surface area contributed by atoms with Gasteiger partial charge in [-0.05, 0) is 90.5 Å². The molecule has 4 aliphatic rings. The molecule has 2 aromatic heterocycles. The third kappa shape index (κ3) is 3.91. The number of hydrogen-bond acceptors (Lipinski definition) is 4. The molecule has 3 atom stereocenters. The Kier molecular flexibility index (Phi) is 5.67. The fourth-order valence-corrected chi connectivity index (χ4v) is 8.13. The Morgan fingerprint density at radius 1 is 1.05 bits per heavy atom. The van der Waals surface area contributed by atoms with E-state index in [1.807, 2.05) is 17.0 Å². The van der Waals surface area contributed by atoms with E-state index in [0.29, 0.717) is 23.1 Å². The number of imidazole rings is 1. The number of ether oxygens (including phenoxy) is 1. The molecule has 3 heterocycles. The lowest BCUT2D eigenvalue weighted by Gasteiger charge is -2.27. The molecule has 1 aliphatic heterocycles. The average molecular weight is 584 g/mol. The number of allylic oxidation sites excluding steroid dienone is 1. The van der Waals surface area contributed by atoms with Crippen molar-refractivity contribution in [3.05, 3.63) is 82.9 Å². The van der Waals surface area contributed by atoms with Gasteiger partial charge in [-0.25, -0.2) is 4.98 Å². The van der Waals surface area contributed by atoms with E-state index in [2.05, 4.69) is 70.8 Å². The highest BCUT2D eigenvalue weighted by molar-refractivity contribution is 6.01. The third-order valence-electron chi connectivity index (χ3n) is 10.7. The van der Waals surface area contributed by atoms with E-state index in [4.69, 9.17) is 15.5 Å². The molecule has 3 aromatic carbocycles. The second-order valence-electron chi connectivity index (χ2n) is 13.4. The average Bonchev–Trinajstić information content (AvgIpc) is 3.31. The summed E-state index contributed by atoms with van der Waals surface area (Å²) in [5.41, 5.74) is 16.4. The smallest absolute Gasteiger partial charge is 0.254 e. The first-order valence-electron chi connectivity index (χ1n) is 16.0. The summed E-state index contributed by atoms with van der Waals surface area (Å²) < 4.78 is 10.5. The zero-order valence-electron chi connectivity index (χ0n) is 25.3. The molecule has 44 heavy (non-hydrogen) atoms. The molecule has 0 radical (unpaired) electrons. The summed E-state index contributed by atoms with van der Waals surface area (Å²) in [5, 5.41) is 1.22. The molecule has 2 saturated carbocycles. The van der Waals surface area contributed by atoms with Crippen LogP contribution in [0.25, 0.3) is 45.1 Å². The van der Waals surface area contributed by atoms with Gasteiger partial charge < -0.3 is 24.5 Å². The molecule has 3 fully saturated rings. The molecule has 5 aromatic rings. The Morgan fingerprint density at radius 2 is 1.91 bits per heavy atom. The molecule has 222 valence electrons. The van der Waals surface area contributed by atoms with Crippen LogP contribution < -0.4 is 10.5 Å². The van der Waals surface area contributed by atoms with E-state index in [1.54, 1.807) is 7.11 Å². The van der Waals surface area contributed by atoms with Gasteiger partial charge in [0.1, 0.15) is 11.3 Å². The summed E-state index contributed by atoms with van der Waals surface area (Å²) in [4.78, 5) is 20.9. The van der Waals surface area contributed by atoms with Crippen LogP contribution in [0.3, 0.4) is 0 Å². The number of benzene rings is 3. The first-order valence-corrected chi connectivity index (χ1v) is 16.0. The standard InChI is InChI=1S/C37H37N5O2/c1-40-35-29(15-28(18-33(35)44-2)37(43)42-20-26-11-12-30(42)34(26)38)39-36(40)32-17-25-10-9-24(16-31(25)41(32)19-21-7-8-21)27-13-22-5-3-4-6-23(22)14-27/h3-6,9-10,13,15-18,21,26,30,34H,7-8,11-12,14,19-20,38H2,1-2H3/t26-,30?,34+/m1/s1. The van der Waals surface area contributed by atoms with Gasteiger partial charge in [-0.2, -0.15) is 0 Å². The molecule has 9 rings (SSSR count). The van der Waals surface area contributed by atoms with E-state index < -0.39 is 0 Å². The fourth-order valence-electron chi connectivity index (χ4n) is 8.13. The number of aryl methyl sites for hydroxylation is 1. The molecule has 0 spiro atoms. The normalized spacial score (nSPS) is 22.3. The van der Waals surface area contributed by atoms with E-state index in [0.717, 1.165) is 54.9 Å². The zero-order chi connectivity index (χ0) is 29.7. The van der Waals surface area contributed by atoms with Crippen LogP contribution in [-0.2, 0) is 20.0 Å². The maximum absolute atomic E-state index is 13.7. The molecule has 7 heteroatoms. The number of carbonyl (C=O) groups excluding carboxylic acids is 1. The van der Waals surface area contributed by atoms with Crippen molar-refractivity contribution in [3.8, 4) is 17.3 Å². The van der Waals surface area contributed by atoms with Gasteiger partial charge in [0.2, 0.25) is 0 Å². The van der Waals surface area contributed by atoms with Gasteiger partial charge in [0.15, 0.2) is 5.82 Å². The van der Waals surface area contributed by atoms with E-state index in [-0.39, 0.29) is 18.0 Å². The number of carbonyl (C=O) groups is 1. The number of hydrogen-bond donors (Lipinski definition) is 1. The van der Waals surface area contributed by atoms with Crippen molar-refractivity contribution in [1.29, 1.82) is 0 Å². The predicted octanol–water partition coefficient (Wildman–Crippen LogP) is 6.27. The first-order chi connectivity index (χ1) is 21.5. The number of aromatic nitrogens is 3. The SMILES string of the molecule is COc1cc(C(=O)N2C[C@H]3CCC2[C@H]3N)cc2nc(-c3cc4ccc(C5=Cc6ccccc6C5)cc4n3CC3CC3)n(C)c12. The predicted molar refractivity (Wildman–Crippen MR) is 174 cm³/mol. The molecular weight excluding hydrogens is 546 g/mol. The van der Waals surface area contributed by atoms with Crippen LogP contribution >= 0.6 is 0 Å². The van der Waals surface area contributed by atoms with Crippen LogP contribution in [0.2, 0.25) is 0 Å². The summed E-state index contributed by atoms with van der Waals surface area (Å²) in [6.07, 6.45) is 7.94. The third-order valence-corrected chi connectivity index (χ3v) is 10.7. The highest BCUT2D eigenvalue weighted by atomic mass is 16.5. The van der Waals surface area contributed by atoms with Crippen LogP contribution in [-0.4, -0.2) is 50.7 Å². The summed E-state index contributed by atoms with van der Waals surface area (Å²) >= 11 is 0. The van der Waals surface area contributed by atoms with Gasteiger partial charge in [0.05, 0.1) is 18.3 Å². The Bertz CT molecular complexity index is 2030. The first kappa shape index (κ1) is 26.1. The second kappa shape index (κ2) is 9.57. The van der Waals surface area contributed by atoms with Gasteiger partial charge in [0.25, 0.3) is 5.91 Å². The fraction of sp³-hybridized carbons (Fsp3) is 0.351. The van der Waals surface area contributed by atoms with Gasteiger partial charge in [0, 0.05) is 48.7 Å². The van der Waals surface area contributed by atoms with Crippen LogP contribution in [0.4, 0.5) is 0 Å². The van der Waals surface area contributed by atoms with E-state index in [9.17, 15) is 4.79 Å². The van der Waals surface area contributed by atoms with Crippen LogP contribution in [0, 0.1) is 11.8 Å². The van der Waals surface area contributed by atoms with Crippen molar-refractivity contribution >= 4 is 39.5 Å². The summed E-state index contributed by atoms with van der Waals surface area (Å²) in [7, 11) is 3.73. The van der Waals surface area contributed by atoms with E-state index in [1.165, 1.54) is 46.0 Å². The summed E-state index contributed by atoms with van der Waals surface area (Å²) in [6.45, 7) is 1.72. The van der Waals surface area contributed by atoms with Crippen LogP contribution in [0.15, 0.2) is 60.7 Å². The Morgan fingerprint density at radius 3 is 2.66 bits per heavy atom. The Balaban J connectivity index is 1.14. The zero-order valence-corrected chi connectivity index (χ0v) is 25.3. The second-order valence-corrected chi connectivity index (χ2v) is 13.4.